The monoisotopic (exact) mass is 614 g/mol. The molecule has 44 heavy (non-hydrogen) atoms. The van der Waals surface area contributed by atoms with Crippen LogP contribution in [0.1, 0.15) is 75.6 Å². The molecule has 6 rings (SSSR count). The fourth-order valence-corrected chi connectivity index (χ4v) is 7.38. The van der Waals surface area contributed by atoms with Crippen molar-refractivity contribution < 1.29 is 14.3 Å². The minimum absolute atomic E-state index is 0.0997. The minimum atomic E-state index is -0.106. The number of hydrogen-bond acceptors (Lipinski definition) is 5. The molecule has 5 heteroatoms. The fraction of sp³-hybridized carbons (Fsp3) is 0.179. The molecule has 3 nitrogen and oxygen atoms in total. The largest absolute Gasteiger partial charge is 0.489 e. The summed E-state index contributed by atoms with van der Waals surface area (Å²) in [5, 5.41) is 0. The molecule has 0 unspecified atom stereocenters. The van der Waals surface area contributed by atoms with E-state index in [1.165, 1.54) is 43.0 Å². The number of ketones is 2. The Hall–Kier alpha value is -4.06. The third-order valence-corrected chi connectivity index (χ3v) is 9.90. The van der Waals surface area contributed by atoms with Crippen LogP contribution in [0, 0.1) is 0 Å². The van der Waals surface area contributed by atoms with E-state index < -0.39 is 0 Å². The van der Waals surface area contributed by atoms with Gasteiger partial charge in [0.2, 0.25) is 0 Å². The van der Waals surface area contributed by atoms with Gasteiger partial charge < -0.3 is 4.74 Å². The second kappa shape index (κ2) is 14.1. The molecule has 1 aliphatic rings. The summed E-state index contributed by atoms with van der Waals surface area (Å²) < 4.78 is 5.93. The molecule has 0 heterocycles. The van der Waals surface area contributed by atoms with Crippen molar-refractivity contribution in [2.45, 2.75) is 65.2 Å². The summed E-state index contributed by atoms with van der Waals surface area (Å²) in [6.07, 6.45) is 6.07. The van der Waals surface area contributed by atoms with Crippen molar-refractivity contribution in [2.75, 3.05) is 0 Å². The van der Waals surface area contributed by atoms with Gasteiger partial charge in [-0.25, -0.2) is 0 Å². The zero-order valence-electron chi connectivity index (χ0n) is 24.8. The van der Waals surface area contributed by atoms with Crippen LogP contribution in [0.3, 0.4) is 0 Å². The van der Waals surface area contributed by atoms with E-state index >= 15 is 0 Å². The first-order valence-corrected chi connectivity index (χ1v) is 16.8. The number of hydrogen-bond donors (Lipinski definition) is 0. The van der Waals surface area contributed by atoms with E-state index in [0.29, 0.717) is 28.9 Å². The number of carbonyl (C=O) groups is 2. The molecule has 0 spiro atoms. The zero-order valence-corrected chi connectivity index (χ0v) is 26.4. The van der Waals surface area contributed by atoms with Crippen molar-refractivity contribution in [2.24, 2.45) is 0 Å². The number of benzene rings is 5. The van der Waals surface area contributed by atoms with Gasteiger partial charge in [0.25, 0.3) is 0 Å². The molecule has 0 fully saturated rings. The lowest BCUT2D eigenvalue weighted by molar-refractivity contribution is 0.0974. The van der Waals surface area contributed by atoms with Crippen molar-refractivity contribution >= 4 is 35.1 Å². The van der Waals surface area contributed by atoms with Crippen LogP contribution < -0.4 is 4.74 Å². The van der Waals surface area contributed by atoms with Crippen LogP contribution in [-0.4, -0.2) is 11.6 Å². The Labute approximate surface area is 268 Å². The van der Waals surface area contributed by atoms with Crippen molar-refractivity contribution in [3.05, 3.63) is 149 Å². The van der Waals surface area contributed by atoms with Crippen LogP contribution in [0.15, 0.2) is 135 Å². The quantitative estimate of drug-likeness (QED) is 0.128. The molecule has 0 atom stereocenters. The molecule has 0 saturated heterocycles. The van der Waals surface area contributed by atoms with E-state index in [2.05, 4.69) is 31.2 Å². The number of aryl methyl sites for hydroxylation is 1. The fourth-order valence-electron chi connectivity index (χ4n) is 5.43. The summed E-state index contributed by atoms with van der Waals surface area (Å²) >= 11 is 3.03. The molecule has 0 saturated carbocycles. The average Bonchev–Trinajstić information content (AvgIpc) is 3.06. The summed E-state index contributed by atoms with van der Waals surface area (Å²) in [6.45, 7) is 2.73. The van der Waals surface area contributed by atoms with Gasteiger partial charge in [0.15, 0.2) is 11.6 Å². The zero-order chi connectivity index (χ0) is 30.3. The van der Waals surface area contributed by atoms with Gasteiger partial charge in [0.1, 0.15) is 12.4 Å². The Kier molecular flexibility index (Phi) is 9.64. The van der Waals surface area contributed by atoms with E-state index in [-0.39, 0.29) is 11.6 Å². The number of rotatable bonds is 12. The highest BCUT2D eigenvalue weighted by Crippen LogP contribution is 2.41. The maximum absolute atomic E-state index is 13.9. The predicted octanol–water partition coefficient (Wildman–Crippen LogP) is 10.5. The van der Waals surface area contributed by atoms with Gasteiger partial charge in [0.05, 0.1) is 0 Å². The first-order chi connectivity index (χ1) is 21.6. The van der Waals surface area contributed by atoms with E-state index in [0.717, 1.165) is 37.3 Å². The summed E-state index contributed by atoms with van der Waals surface area (Å²) in [6, 6.07) is 37.7. The number of carbonyl (C=O) groups excluding carboxylic acids is 2. The Morgan fingerprint density at radius 1 is 0.545 bits per heavy atom. The van der Waals surface area contributed by atoms with Gasteiger partial charge in [-0.15, -0.1) is 0 Å². The highest BCUT2D eigenvalue weighted by atomic mass is 32.2. The van der Waals surface area contributed by atoms with E-state index in [1.54, 1.807) is 23.9 Å². The second-order valence-corrected chi connectivity index (χ2v) is 13.2. The predicted molar refractivity (Wildman–Crippen MR) is 179 cm³/mol. The lowest BCUT2D eigenvalue weighted by atomic mass is 9.84. The third-order valence-electron chi connectivity index (χ3n) is 7.77. The third kappa shape index (κ3) is 6.85. The van der Waals surface area contributed by atoms with E-state index in [4.69, 9.17) is 4.74 Å². The first kappa shape index (κ1) is 30.0. The van der Waals surface area contributed by atoms with Crippen molar-refractivity contribution in [1.82, 2.24) is 0 Å². The van der Waals surface area contributed by atoms with Crippen LogP contribution >= 0.6 is 23.5 Å². The molecule has 0 aromatic heterocycles. The Morgan fingerprint density at radius 3 is 1.68 bits per heavy atom. The maximum Gasteiger partial charge on any atom is 0.195 e. The van der Waals surface area contributed by atoms with Crippen molar-refractivity contribution in [1.29, 1.82) is 0 Å². The summed E-state index contributed by atoms with van der Waals surface area (Å²) in [5.74, 6) is 0.572. The van der Waals surface area contributed by atoms with Gasteiger partial charge in [-0.05, 0) is 72.5 Å². The van der Waals surface area contributed by atoms with Crippen molar-refractivity contribution in [3.8, 4) is 5.75 Å². The van der Waals surface area contributed by atoms with Crippen LogP contribution in [0.4, 0.5) is 0 Å². The maximum atomic E-state index is 13.9. The Morgan fingerprint density at radius 2 is 1.11 bits per heavy atom. The smallest absolute Gasteiger partial charge is 0.195 e. The number of fused-ring (bicyclic) bond motifs is 2. The van der Waals surface area contributed by atoms with Gasteiger partial charge in [-0.3, -0.25) is 9.59 Å². The van der Waals surface area contributed by atoms with Crippen LogP contribution in [0.2, 0.25) is 0 Å². The molecular formula is C39H34O3S2. The second-order valence-electron chi connectivity index (χ2n) is 10.9. The van der Waals surface area contributed by atoms with E-state index in [9.17, 15) is 9.59 Å². The normalized spacial score (nSPS) is 12.1. The molecule has 0 N–H and O–H groups in total. The standard InChI is InChI=1S/C39H34O3S2/c1-2-3-4-6-11-27-18-22-30(23-19-27)43-34-16-9-14-32-36(34)38(40)33-15-10-17-35(37(33)39(32)41)44-31-24-20-29(21-25-31)42-26-28-12-7-5-8-13-28/h5,7-10,12-25H,2-4,6,11,26H2,1H3. The van der Waals surface area contributed by atoms with Crippen molar-refractivity contribution in [3.63, 3.8) is 0 Å². The van der Waals surface area contributed by atoms with Gasteiger partial charge in [-0.2, -0.15) is 0 Å². The molecule has 0 bridgehead atoms. The summed E-state index contributed by atoms with van der Waals surface area (Å²) in [5.41, 5.74) is 4.36. The van der Waals surface area contributed by atoms with Gasteiger partial charge >= 0.3 is 0 Å². The van der Waals surface area contributed by atoms with E-state index in [1.807, 2.05) is 78.9 Å². The minimum Gasteiger partial charge on any atom is -0.489 e. The topological polar surface area (TPSA) is 43.4 Å². The molecule has 5 aromatic carbocycles. The number of ether oxygens (including phenoxy) is 1. The molecular weight excluding hydrogens is 581 g/mol. The van der Waals surface area contributed by atoms with Gasteiger partial charge in [-0.1, -0.05) is 116 Å². The highest BCUT2D eigenvalue weighted by molar-refractivity contribution is 7.99. The first-order valence-electron chi connectivity index (χ1n) is 15.2. The number of unbranched alkanes of at least 4 members (excludes halogenated alkanes) is 3. The molecule has 0 aliphatic heterocycles. The Bertz CT molecular complexity index is 1760. The lowest BCUT2D eigenvalue weighted by Crippen LogP contribution is -2.22. The summed E-state index contributed by atoms with van der Waals surface area (Å²) in [4.78, 5) is 31.5. The summed E-state index contributed by atoms with van der Waals surface area (Å²) in [7, 11) is 0. The lowest BCUT2D eigenvalue weighted by Gasteiger charge is -2.22. The van der Waals surface area contributed by atoms with Crippen LogP contribution in [-0.2, 0) is 13.0 Å². The van der Waals surface area contributed by atoms with Crippen LogP contribution in [0.5, 0.6) is 5.75 Å². The molecule has 5 aromatic rings. The molecule has 0 amide bonds. The molecule has 0 radical (unpaired) electrons. The van der Waals surface area contributed by atoms with Gasteiger partial charge in [0, 0.05) is 41.8 Å². The van der Waals surface area contributed by atoms with Crippen LogP contribution in [0.25, 0.3) is 0 Å². The Balaban J connectivity index is 1.18. The average molecular weight is 615 g/mol. The SMILES string of the molecule is CCCCCCc1ccc(Sc2cccc3c2C(=O)c2cccc(Sc4ccc(OCc5ccccc5)cc4)c2C3=O)cc1. The highest BCUT2D eigenvalue weighted by Gasteiger charge is 2.33. The molecule has 220 valence electrons. The molecule has 1 aliphatic carbocycles.